The topological polar surface area (TPSA) is 66.3 Å². The number of nitrogens with one attached hydrogen (secondary N) is 1. The van der Waals surface area contributed by atoms with Crippen molar-refractivity contribution in [3.8, 4) is 0 Å². The Hall–Kier alpha value is -2.48. The van der Waals surface area contributed by atoms with Gasteiger partial charge in [-0.2, -0.15) is 0 Å². The average Bonchev–Trinajstić information content (AvgIpc) is 3.10. The van der Waals surface area contributed by atoms with Crippen LogP contribution >= 0.6 is 0 Å². The monoisotopic (exact) mass is 372 g/mol. The number of hydrogen-bond acceptors (Lipinski definition) is 5. The lowest BCUT2D eigenvalue weighted by Crippen LogP contribution is -2.49. The molecule has 2 aliphatic rings. The molecule has 0 bridgehead atoms. The Morgan fingerprint density at radius 2 is 1.78 bits per heavy atom. The predicted molar refractivity (Wildman–Crippen MR) is 100 cm³/mol. The van der Waals surface area contributed by atoms with Crippen LogP contribution < -0.4 is 10.2 Å². The number of carbonyl (C=O) groups excluding carboxylic acids is 1. The van der Waals surface area contributed by atoms with Crippen LogP contribution in [-0.4, -0.2) is 65.1 Å². The summed E-state index contributed by atoms with van der Waals surface area (Å²) in [4.78, 5) is 16.9. The molecule has 0 atom stereocenters. The van der Waals surface area contributed by atoms with Crippen LogP contribution in [0.1, 0.15) is 35.1 Å². The van der Waals surface area contributed by atoms with E-state index in [2.05, 4.69) is 20.5 Å². The summed E-state index contributed by atoms with van der Waals surface area (Å²) in [5, 5.41) is 11.8. The molecule has 2 saturated heterocycles. The molecule has 0 unspecified atom stereocenters. The van der Waals surface area contributed by atoms with E-state index in [0.717, 1.165) is 50.4 Å². The molecule has 0 spiro atoms. The molecule has 0 radical (unpaired) electrons. The van der Waals surface area contributed by atoms with Gasteiger partial charge in [-0.3, -0.25) is 4.79 Å². The van der Waals surface area contributed by atoms with Gasteiger partial charge in [-0.25, -0.2) is 9.07 Å². The maximum atomic E-state index is 13.1. The highest BCUT2D eigenvalue weighted by atomic mass is 19.1. The van der Waals surface area contributed by atoms with Gasteiger partial charge in [0.05, 0.1) is 11.7 Å². The number of anilines is 1. The summed E-state index contributed by atoms with van der Waals surface area (Å²) in [6.45, 7) is 6.56. The molecule has 144 valence electrons. The molecule has 27 heavy (non-hydrogen) atoms. The Labute approximate surface area is 158 Å². The van der Waals surface area contributed by atoms with E-state index < -0.39 is 0 Å². The summed E-state index contributed by atoms with van der Waals surface area (Å²) in [5.74, 6) is -0.286. The van der Waals surface area contributed by atoms with E-state index >= 15 is 0 Å². The summed E-state index contributed by atoms with van der Waals surface area (Å²) < 4.78 is 15.0. The van der Waals surface area contributed by atoms with Crippen molar-refractivity contribution in [3.63, 3.8) is 0 Å². The largest absolute Gasteiger partial charge is 0.368 e. The Kier molecular flexibility index (Phi) is 5.07. The van der Waals surface area contributed by atoms with E-state index in [1.54, 1.807) is 12.1 Å². The van der Waals surface area contributed by atoms with Gasteiger partial charge in [0.2, 0.25) is 0 Å². The number of halogens is 1. The van der Waals surface area contributed by atoms with Crippen LogP contribution in [-0.2, 0) is 0 Å². The minimum absolute atomic E-state index is 0.0496. The van der Waals surface area contributed by atoms with E-state index in [-0.39, 0.29) is 11.7 Å². The maximum absolute atomic E-state index is 13.1. The molecule has 2 aromatic rings. The lowest BCUT2D eigenvalue weighted by Gasteiger charge is -2.35. The fourth-order valence-electron chi connectivity index (χ4n) is 3.91. The van der Waals surface area contributed by atoms with E-state index in [0.29, 0.717) is 24.8 Å². The first kappa shape index (κ1) is 17.9. The highest BCUT2D eigenvalue weighted by Gasteiger charge is 2.28. The highest BCUT2D eigenvalue weighted by Crippen LogP contribution is 2.22. The van der Waals surface area contributed by atoms with Gasteiger partial charge in [0.25, 0.3) is 5.91 Å². The molecule has 2 aliphatic heterocycles. The predicted octanol–water partition coefficient (Wildman–Crippen LogP) is 1.61. The third-order valence-corrected chi connectivity index (χ3v) is 5.54. The van der Waals surface area contributed by atoms with Crippen molar-refractivity contribution < 1.29 is 9.18 Å². The first-order chi connectivity index (χ1) is 13.1. The molecule has 1 aromatic heterocycles. The van der Waals surface area contributed by atoms with Crippen molar-refractivity contribution in [2.45, 2.75) is 25.8 Å². The molecule has 7 nitrogen and oxygen atoms in total. The van der Waals surface area contributed by atoms with Crippen molar-refractivity contribution in [2.24, 2.45) is 0 Å². The number of piperazine rings is 1. The molecule has 0 saturated carbocycles. The number of carbonyl (C=O) groups is 1. The Balaban J connectivity index is 1.41. The Morgan fingerprint density at radius 3 is 2.44 bits per heavy atom. The van der Waals surface area contributed by atoms with Gasteiger partial charge in [0.1, 0.15) is 5.82 Å². The molecule has 3 heterocycles. The normalized spacial score (nSPS) is 18.7. The summed E-state index contributed by atoms with van der Waals surface area (Å²) >= 11 is 0. The minimum atomic E-state index is -0.236. The molecule has 2 fully saturated rings. The number of benzene rings is 1. The smallest absolute Gasteiger partial charge is 0.276 e. The van der Waals surface area contributed by atoms with Gasteiger partial charge >= 0.3 is 0 Å². The summed E-state index contributed by atoms with van der Waals surface area (Å²) in [6, 6.07) is 6.81. The van der Waals surface area contributed by atoms with Crippen molar-refractivity contribution in [1.29, 1.82) is 0 Å². The molecule has 1 amide bonds. The summed E-state index contributed by atoms with van der Waals surface area (Å²) in [7, 11) is 0. The molecule has 1 aromatic carbocycles. The lowest BCUT2D eigenvalue weighted by atomic mass is 10.1. The number of nitrogens with zero attached hydrogens (tertiary/aromatic N) is 5. The summed E-state index contributed by atoms with van der Waals surface area (Å²) in [5.41, 5.74) is 2.30. The molecular formula is C19H25FN6O. The first-order valence-corrected chi connectivity index (χ1v) is 9.56. The van der Waals surface area contributed by atoms with Crippen LogP contribution in [0.5, 0.6) is 0 Å². The molecule has 0 aliphatic carbocycles. The van der Waals surface area contributed by atoms with Crippen LogP contribution in [0.25, 0.3) is 0 Å². The van der Waals surface area contributed by atoms with Crippen molar-refractivity contribution >= 4 is 11.6 Å². The zero-order chi connectivity index (χ0) is 18.8. The Bertz CT molecular complexity index is 791. The highest BCUT2D eigenvalue weighted by molar-refractivity contribution is 5.93. The molecule has 8 heteroatoms. The second kappa shape index (κ2) is 7.64. The zero-order valence-corrected chi connectivity index (χ0v) is 15.6. The first-order valence-electron chi connectivity index (χ1n) is 9.56. The molecule has 4 rings (SSSR count). The zero-order valence-electron chi connectivity index (χ0n) is 15.6. The Morgan fingerprint density at radius 1 is 1.11 bits per heavy atom. The quantitative estimate of drug-likeness (QED) is 0.887. The number of hydrogen-bond donors (Lipinski definition) is 1. The van der Waals surface area contributed by atoms with Crippen molar-refractivity contribution in [2.75, 3.05) is 44.2 Å². The fourth-order valence-corrected chi connectivity index (χ4v) is 3.91. The third-order valence-electron chi connectivity index (χ3n) is 5.54. The van der Waals surface area contributed by atoms with Gasteiger partial charge in [0, 0.05) is 31.9 Å². The van der Waals surface area contributed by atoms with Gasteiger partial charge < -0.3 is 15.1 Å². The number of aromatic nitrogens is 3. The van der Waals surface area contributed by atoms with E-state index in [9.17, 15) is 9.18 Å². The second-order valence-electron chi connectivity index (χ2n) is 7.20. The average molecular weight is 372 g/mol. The van der Waals surface area contributed by atoms with Crippen LogP contribution in [0.2, 0.25) is 0 Å². The van der Waals surface area contributed by atoms with Crippen LogP contribution in [0.15, 0.2) is 24.3 Å². The third kappa shape index (κ3) is 3.66. The molecular weight excluding hydrogens is 347 g/mol. The fraction of sp³-hybridized carbons (Fsp3) is 0.526. The second-order valence-corrected chi connectivity index (χ2v) is 7.20. The maximum Gasteiger partial charge on any atom is 0.276 e. The lowest BCUT2D eigenvalue weighted by molar-refractivity contribution is 0.0740. The standard InChI is InChI=1S/C19H25FN6O/c1-14-18(22-23-26(14)17-6-8-21-9-7-17)19(27)25-12-10-24(11-13-25)16-4-2-15(20)3-5-16/h2-5,17,21H,6-13H2,1H3. The van der Waals surface area contributed by atoms with E-state index in [1.807, 2.05) is 16.5 Å². The minimum Gasteiger partial charge on any atom is -0.368 e. The van der Waals surface area contributed by atoms with Gasteiger partial charge in [-0.05, 0) is 57.1 Å². The van der Waals surface area contributed by atoms with Gasteiger partial charge in [-0.1, -0.05) is 5.21 Å². The van der Waals surface area contributed by atoms with Crippen LogP contribution in [0, 0.1) is 12.7 Å². The molecule has 1 N–H and O–H groups in total. The number of amides is 1. The summed E-state index contributed by atoms with van der Waals surface area (Å²) in [6.07, 6.45) is 2.02. The van der Waals surface area contributed by atoms with E-state index in [4.69, 9.17) is 0 Å². The van der Waals surface area contributed by atoms with Crippen LogP contribution in [0.4, 0.5) is 10.1 Å². The van der Waals surface area contributed by atoms with Gasteiger partial charge in [-0.15, -0.1) is 5.10 Å². The SMILES string of the molecule is Cc1c(C(=O)N2CCN(c3ccc(F)cc3)CC2)nnn1C1CCNCC1. The van der Waals surface area contributed by atoms with Gasteiger partial charge in [0.15, 0.2) is 5.69 Å². The van der Waals surface area contributed by atoms with Crippen LogP contribution in [0.3, 0.4) is 0 Å². The number of piperidine rings is 1. The van der Waals surface area contributed by atoms with E-state index in [1.165, 1.54) is 12.1 Å². The van der Waals surface area contributed by atoms with Crippen molar-refractivity contribution in [3.05, 3.63) is 41.5 Å². The number of rotatable bonds is 3. The van der Waals surface area contributed by atoms with Crippen molar-refractivity contribution in [1.82, 2.24) is 25.2 Å².